The van der Waals surface area contributed by atoms with Crippen LogP contribution in [-0.4, -0.2) is 71.3 Å². The highest BCUT2D eigenvalue weighted by atomic mass is 16.5. The summed E-state index contributed by atoms with van der Waals surface area (Å²) in [7, 11) is 2.98. The van der Waals surface area contributed by atoms with Gasteiger partial charge in [0.1, 0.15) is 6.04 Å². The second kappa shape index (κ2) is 8.63. The molecular weight excluding hydrogens is 350 g/mol. The maximum atomic E-state index is 12.1. The van der Waals surface area contributed by atoms with Crippen LogP contribution in [0.4, 0.5) is 5.95 Å². The molecule has 1 saturated heterocycles. The number of nitrogens with zero attached hydrogens (tertiary/aromatic N) is 5. The summed E-state index contributed by atoms with van der Waals surface area (Å²) in [5.74, 6) is 0.358. The number of aliphatic carboxylic acids is 1. The fraction of sp³-hybridized carbons (Fsp3) is 0.444. The van der Waals surface area contributed by atoms with Crippen molar-refractivity contribution in [3.05, 3.63) is 36.2 Å². The van der Waals surface area contributed by atoms with E-state index in [0.29, 0.717) is 37.0 Å². The van der Waals surface area contributed by atoms with Crippen molar-refractivity contribution < 1.29 is 19.4 Å². The average molecular weight is 373 g/mol. The lowest BCUT2D eigenvalue weighted by Gasteiger charge is -2.28. The Morgan fingerprint density at radius 3 is 2.56 bits per heavy atom. The normalized spacial score (nSPS) is 16.4. The molecule has 1 aliphatic rings. The van der Waals surface area contributed by atoms with Crippen LogP contribution in [0.3, 0.4) is 0 Å². The minimum atomic E-state index is -0.940. The van der Waals surface area contributed by atoms with E-state index in [1.807, 2.05) is 4.90 Å². The van der Waals surface area contributed by atoms with Crippen molar-refractivity contribution in [1.29, 1.82) is 0 Å². The summed E-state index contributed by atoms with van der Waals surface area (Å²) in [5.41, 5.74) is 0.509. The fourth-order valence-corrected chi connectivity index (χ4v) is 3.26. The van der Waals surface area contributed by atoms with Gasteiger partial charge in [-0.2, -0.15) is 4.98 Å². The molecule has 9 nitrogen and oxygen atoms in total. The second-order valence-corrected chi connectivity index (χ2v) is 6.12. The Morgan fingerprint density at radius 2 is 1.89 bits per heavy atom. The first-order chi connectivity index (χ1) is 13.1. The van der Waals surface area contributed by atoms with Gasteiger partial charge in [0.2, 0.25) is 17.7 Å². The van der Waals surface area contributed by atoms with Crippen LogP contribution in [0.2, 0.25) is 0 Å². The molecule has 3 heterocycles. The summed E-state index contributed by atoms with van der Waals surface area (Å²) in [5, 5.41) is 9.91. The van der Waals surface area contributed by atoms with Crippen LogP contribution in [-0.2, 0) is 4.79 Å². The Bertz CT molecular complexity index is 774. The molecule has 9 heteroatoms. The van der Waals surface area contributed by atoms with E-state index in [9.17, 15) is 9.90 Å². The number of anilines is 1. The van der Waals surface area contributed by atoms with E-state index < -0.39 is 12.0 Å². The van der Waals surface area contributed by atoms with Crippen LogP contribution >= 0.6 is 0 Å². The van der Waals surface area contributed by atoms with Crippen molar-refractivity contribution in [2.75, 3.05) is 45.3 Å². The number of hydrogen-bond donors (Lipinski definition) is 1. The highest BCUT2D eigenvalue weighted by Gasteiger charge is 2.32. The highest BCUT2D eigenvalue weighted by molar-refractivity contribution is 5.76. The zero-order valence-electron chi connectivity index (χ0n) is 15.4. The van der Waals surface area contributed by atoms with Crippen molar-refractivity contribution in [2.24, 2.45) is 0 Å². The number of pyridine rings is 1. The summed E-state index contributed by atoms with van der Waals surface area (Å²) in [6, 6.07) is 4.27. The number of carboxylic acid groups (broad SMARTS) is 1. The third-order valence-electron chi connectivity index (χ3n) is 4.53. The van der Waals surface area contributed by atoms with Gasteiger partial charge in [0, 0.05) is 50.2 Å². The smallest absolute Gasteiger partial charge is 0.325 e. The molecule has 0 bridgehead atoms. The lowest BCUT2D eigenvalue weighted by molar-refractivity contribution is -0.143. The summed E-state index contributed by atoms with van der Waals surface area (Å²) in [4.78, 5) is 28.9. The number of hydrogen-bond acceptors (Lipinski definition) is 8. The number of rotatable bonds is 6. The monoisotopic (exact) mass is 373 g/mol. The molecule has 144 valence electrons. The van der Waals surface area contributed by atoms with Gasteiger partial charge in [-0.05, 0) is 18.6 Å². The van der Waals surface area contributed by atoms with E-state index in [4.69, 9.17) is 9.47 Å². The molecule has 1 atom stereocenters. The van der Waals surface area contributed by atoms with E-state index in [2.05, 4.69) is 19.9 Å². The van der Waals surface area contributed by atoms with Gasteiger partial charge in [-0.25, -0.2) is 9.97 Å². The molecule has 2 aromatic heterocycles. The van der Waals surface area contributed by atoms with Crippen LogP contribution in [0.25, 0.3) is 0 Å². The van der Waals surface area contributed by atoms with Crippen LogP contribution < -0.4 is 14.4 Å². The summed E-state index contributed by atoms with van der Waals surface area (Å²) in [6.07, 6.45) is 4.21. The second-order valence-electron chi connectivity index (χ2n) is 6.12. The van der Waals surface area contributed by atoms with Crippen LogP contribution in [0.15, 0.2) is 30.6 Å². The topological polar surface area (TPSA) is 101 Å². The molecule has 3 rings (SSSR count). The minimum absolute atomic E-state index is 0.259. The van der Waals surface area contributed by atoms with Crippen molar-refractivity contribution in [3.8, 4) is 11.8 Å². The van der Waals surface area contributed by atoms with E-state index in [1.54, 1.807) is 30.6 Å². The number of ether oxygens (including phenoxy) is 2. The number of carbonyl (C=O) groups is 1. The Morgan fingerprint density at radius 1 is 1.11 bits per heavy atom. The first-order valence-corrected chi connectivity index (χ1v) is 8.71. The molecule has 1 fully saturated rings. The predicted molar refractivity (Wildman–Crippen MR) is 98.2 cm³/mol. The van der Waals surface area contributed by atoms with Gasteiger partial charge in [0.05, 0.1) is 14.2 Å². The third-order valence-corrected chi connectivity index (χ3v) is 4.53. The third kappa shape index (κ3) is 4.25. The SMILES string of the molecule is COc1ccc([C@@H](C(=O)O)N2CCCN(c3ncccn3)CC2)c(OC)n1. The fourth-order valence-electron chi connectivity index (χ4n) is 3.26. The minimum Gasteiger partial charge on any atom is -0.481 e. The van der Waals surface area contributed by atoms with Crippen molar-refractivity contribution >= 4 is 11.9 Å². The lowest BCUT2D eigenvalue weighted by Crippen LogP contribution is -2.37. The summed E-state index contributed by atoms with van der Waals surface area (Å²) in [6.45, 7) is 2.60. The molecule has 1 aliphatic heterocycles. The standard InChI is InChI=1S/C18H23N5O4/c1-26-14-6-5-13(16(21-14)27-2)15(17(24)25)22-9-4-10-23(12-11-22)18-19-7-3-8-20-18/h3,5-8,15H,4,9-12H2,1-2H3,(H,24,25)/t15-/m0/s1. The maximum Gasteiger partial charge on any atom is 0.325 e. The average Bonchev–Trinajstić information content (AvgIpc) is 2.95. The van der Waals surface area contributed by atoms with Gasteiger partial charge in [-0.15, -0.1) is 0 Å². The van der Waals surface area contributed by atoms with E-state index >= 15 is 0 Å². The number of methoxy groups -OCH3 is 2. The molecule has 2 aromatic rings. The maximum absolute atomic E-state index is 12.1. The first kappa shape index (κ1) is 18.8. The predicted octanol–water partition coefficient (Wildman–Crippen LogP) is 1.23. The molecule has 0 radical (unpaired) electrons. The molecule has 0 aliphatic carbocycles. The first-order valence-electron chi connectivity index (χ1n) is 8.71. The number of aromatic nitrogens is 3. The van der Waals surface area contributed by atoms with Gasteiger partial charge in [-0.3, -0.25) is 9.69 Å². The van der Waals surface area contributed by atoms with E-state index in [0.717, 1.165) is 13.0 Å². The zero-order chi connectivity index (χ0) is 19.2. The molecular formula is C18H23N5O4. The van der Waals surface area contributed by atoms with Gasteiger partial charge < -0.3 is 19.5 Å². The summed E-state index contributed by atoms with van der Waals surface area (Å²) < 4.78 is 10.4. The van der Waals surface area contributed by atoms with E-state index in [-0.39, 0.29) is 5.88 Å². The molecule has 0 aromatic carbocycles. The molecule has 0 spiro atoms. The van der Waals surface area contributed by atoms with Gasteiger partial charge in [0.25, 0.3) is 0 Å². The van der Waals surface area contributed by atoms with Crippen molar-refractivity contribution in [1.82, 2.24) is 19.9 Å². The molecule has 0 amide bonds. The Kier molecular flexibility index (Phi) is 6.02. The van der Waals surface area contributed by atoms with Crippen LogP contribution in [0, 0.1) is 0 Å². The van der Waals surface area contributed by atoms with Crippen LogP contribution in [0.1, 0.15) is 18.0 Å². The van der Waals surface area contributed by atoms with Crippen molar-refractivity contribution in [2.45, 2.75) is 12.5 Å². The van der Waals surface area contributed by atoms with Crippen LogP contribution in [0.5, 0.6) is 11.8 Å². The lowest BCUT2D eigenvalue weighted by atomic mass is 10.1. The van der Waals surface area contributed by atoms with Gasteiger partial charge in [0.15, 0.2) is 0 Å². The Hall–Kier alpha value is -2.94. The van der Waals surface area contributed by atoms with Gasteiger partial charge in [-0.1, -0.05) is 0 Å². The molecule has 27 heavy (non-hydrogen) atoms. The largest absolute Gasteiger partial charge is 0.481 e. The van der Waals surface area contributed by atoms with Crippen molar-refractivity contribution in [3.63, 3.8) is 0 Å². The zero-order valence-corrected chi connectivity index (χ0v) is 15.4. The Labute approximate surface area is 157 Å². The summed E-state index contributed by atoms with van der Waals surface area (Å²) >= 11 is 0. The highest BCUT2D eigenvalue weighted by Crippen LogP contribution is 2.31. The quantitative estimate of drug-likeness (QED) is 0.801. The number of carboxylic acids is 1. The molecule has 1 N–H and O–H groups in total. The Balaban J connectivity index is 1.83. The van der Waals surface area contributed by atoms with E-state index in [1.165, 1.54) is 14.2 Å². The molecule has 0 saturated carbocycles. The molecule has 0 unspecified atom stereocenters. The van der Waals surface area contributed by atoms with Gasteiger partial charge >= 0.3 is 5.97 Å².